The van der Waals surface area contributed by atoms with Crippen molar-refractivity contribution in [2.75, 3.05) is 6.61 Å². The Balaban J connectivity index is 3.04. The van der Waals surface area contributed by atoms with E-state index in [0.717, 1.165) is 9.13 Å². The van der Waals surface area contributed by atoms with Gasteiger partial charge in [-0.25, -0.2) is 0 Å². The third-order valence-corrected chi connectivity index (χ3v) is 2.73. The standard InChI is InChI=1S/C9H12INO/c1-6-2-3-8(10)7(4-6)9(11)5-12/h2-4,9,12H,5,11H2,1H3/t9-/m1/s1. The predicted molar refractivity (Wildman–Crippen MR) is 57.9 cm³/mol. The lowest BCUT2D eigenvalue weighted by atomic mass is 10.1. The molecule has 0 aromatic heterocycles. The van der Waals surface area contributed by atoms with Gasteiger partial charge in [0, 0.05) is 3.57 Å². The first-order valence-electron chi connectivity index (χ1n) is 3.77. The van der Waals surface area contributed by atoms with Gasteiger partial charge in [0.2, 0.25) is 0 Å². The van der Waals surface area contributed by atoms with E-state index in [1.54, 1.807) is 0 Å². The zero-order valence-corrected chi connectivity index (χ0v) is 9.08. The minimum absolute atomic E-state index is 0.000541. The fourth-order valence-corrected chi connectivity index (χ4v) is 1.78. The SMILES string of the molecule is Cc1ccc(I)c([C@H](N)CO)c1. The van der Waals surface area contributed by atoms with Gasteiger partial charge in [-0.3, -0.25) is 0 Å². The van der Waals surface area contributed by atoms with Crippen LogP contribution in [0.3, 0.4) is 0 Å². The third kappa shape index (κ3) is 2.18. The van der Waals surface area contributed by atoms with Crippen LogP contribution in [0.5, 0.6) is 0 Å². The minimum Gasteiger partial charge on any atom is -0.394 e. The monoisotopic (exact) mass is 277 g/mol. The van der Waals surface area contributed by atoms with Crippen molar-refractivity contribution in [1.82, 2.24) is 0 Å². The van der Waals surface area contributed by atoms with E-state index < -0.39 is 0 Å². The number of hydrogen-bond acceptors (Lipinski definition) is 2. The largest absolute Gasteiger partial charge is 0.394 e. The first kappa shape index (κ1) is 9.95. The van der Waals surface area contributed by atoms with E-state index in [9.17, 15) is 0 Å². The van der Waals surface area contributed by atoms with Crippen molar-refractivity contribution in [3.8, 4) is 0 Å². The Morgan fingerprint density at radius 2 is 2.25 bits per heavy atom. The molecule has 1 aromatic carbocycles. The molecule has 0 aliphatic heterocycles. The highest BCUT2D eigenvalue weighted by Crippen LogP contribution is 2.19. The number of aryl methyl sites for hydroxylation is 1. The molecule has 0 aliphatic rings. The molecule has 0 heterocycles. The van der Waals surface area contributed by atoms with Crippen molar-refractivity contribution in [2.24, 2.45) is 5.73 Å². The maximum absolute atomic E-state index is 8.88. The molecule has 12 heavy (non-hydrogen) atoms. The van der Waals surface area contributed by atoms with Crippen molar-refractivity contribution < 1.29 is 5.11 Å². The summed E-state index contributed by atoms with van der Waals surface area (Å²) < 4.78 is 1.11. The Morgan fingerprint density at radius 1 is 1.58 bits per heavy atom. The highest BCUT2D eigenvalue weighted by molar-refractivity contribution is 14.1. The van der Waals surface area contributed by atoms with Gasteiger partial charge in [0.1, 0.15) is 0 Å². The lowest BCUT2D eigenvalue weighted by Crippen LogP contribution is -2.15. The molecule has 0 saturated carbocycles. The van der Waals surface area contributed by atoms with Crippen LogP contribution in [-0.4, -0.2) is 11.7 Å². The Labute approximate surface area is 85.9 Å². The number of halogens is 1. The molecular weight excluding hydrogens is 265 g/mol. The van der Waals surface area contributed by atoms with Gasteiger partial charge in [0.25, 0.3) is 0 Å². The molecule has 1 atom stereocenters. The summed E-state index contributed by atoms with van der Waals surface area (Å²) in [6.07, 6.45) is 0. The zero-order valence-electron chi connectivity index (χ0n) is 6.92. The average molecular weight is 277 g/mol. The molecule has 0 aliphatic carbocycles. The highest BCUT2D eigenvalue weighted by Gasteiger charge is 2.07. The van der Waals surface area contributed by atoms with Gasteiger partial charge in [0.15, 0.2) is 0 Å². The van der Waals surface area contributed by atoms with E-state index in [4.69, 9.17) is 10.8 Å². The molecule has 66 valence electrons. The fraction of sp³-hybridized carbons (Fsp3) is 0.333. The van der Waals surface area contributed by atoms with E-state index in [2.05, 4.69) is 22.6 Å². The van der Waals surface area contributed by atoms with Crippen molar-refractivity contribution in [3.63, 3.8) is 0 Å². The Hall–Kier alpha value is -0.130. The Bertz CT molecular complexity index is 275. The van der Waals surface area contributed by atoms with Gasteiger partial charge in [0.05, 0.1) is 12.6 Å². The number of nitrogens with two attached hydrogens (primary N) is 1. The summed E-state index contributed by atoms with van der Waals surface area (Å²) in [5.74, 6) is 0. The molecule has 2 nitrogen and oxygen atoms in total. The van der Waals surface area contributed by atoms with Crippen LogP contribution in [-0.2, 0) is 0 Å². The van der Waals surface area contributed by atoms with Crippen LogP contribution in [0, 0.1) is 10.5 Å². The first-order chi connectivity index (χ1) is 5.65. The minimum atomic E-state index is -0.253. The maximum Gasteiger partial charge on any atom is 0.0624 e. The van der Waals surface area contributed by atoms with Gasteiger partial charge in [-0.05, 0) is 41.1 Å². The van der Waals surface area contributed by atoms with Crippen molar-refractivity contribution >= 4 is 22.6 Å². The molecule has 0 amide bonds. The number of aliphatic hydroxyl groups excluding tert-OH is 1. The fourth-order valence-electron chi connectivity index (χ4n) is 1.05. The number of benzene rings is 1. The molecule has 3 N–H and O–H groups in total. The van der Waals surface area contributed by atoms with Gasteiger partial charge in [-0.15, -0.1) is 0 Å². The van der Waals surface area contributed by atoms with Gasteiger partial charge in [-0.2, -0.15) is 0 Å². The summed E-state index contributed by atoms with van der Waals surface area (Å²) in [5.41, 5.74) is 7.91. The second-order valence-corrected chi connectivity index (χ2v) is 3.98. The predicted octanol–water partition coefficient (Wildman–Crippen LogP) is 1.59. The lowest BCUT2D eigenvalue weighted by Gasteiger charge is -2.11. The smallest absolute Gasteiger partial charge is 0.0624 e. The Kier molecular flexibility index (Phi) is 3.49. The third-order valence-electron chi connectivity index (χ3n) is 1.75. The molecule has 3 heteroatoms. The number of aliphatic hydroxyl groups is 1. The normalized spacial score (nSPS) is 13.0. The topological polar surface area (TPSA) is 46.2 Å². The summed E-state index contributed by atoms with van der Waals surface area (Å²) >= 11 is 2.22. The molecule has 0 fully saturated rings. The van der Waals surface area contributed by atoms with Gasteiger partial charge < -0.3 is 10.8 Å². The molecular formula is C9H12INO. The summed E-state index contributed by atoms with van der Waals surface area (Å²) in [4.78, 5) is 0. The second-order valence-electron chi connectivity index (χ2n) is 2.81. The van der Waals surface area contributed by atoms with Crippen LogP contribution < -0.4 is 5.73 Å². The number of hydrogen-bond donors (Lipinski definition) is 2. The van der Waals surface area contributed by atoms with E-state index in [1.807, 2.05) is 25.1 Å². The first-order valence-corrected chi connectivity index (χ1v) is 4.85. The van der Waals surface area contributed by atoms with Crippen molar-refractivity contribution in [2.45, 2.75) is 13.0 Å². The molecule has 0 unspecified atom stereocenters. The summed E-state index contributed by atoms with van der Waals surface area (Å²) in [6.45, 7) is 2.02. The van der Waals surface area contributed by atoms with E-state index >= 15 is 0 Å². The quantitative estimate of drug-likeness (QED) is 0.806. The van der Waals surface area contributed by atoms with Crippen LogP contribution in [0.15, 0.2) is 18.2 Å². The van der Waals surface area contributed by atoms with Crippen molar-refractivity contribution in [3.05, 3.63) is 32.9 Å². The van der Waals surface area contributed by atoms with E-state index in [1.165, 1.54) is 5.56 Å². The van der Waals surface area contributed by atoms with Crippen LogP contribution in [0.1, 0.15) is 17.2 Å². The van der Waals surface area contributed by atoms with Crippen LogP contribution in [0.4, 0.5) is 0 Å². The highest BCUT2D eigenvalue weighted by atomic mass is 127. The molecule has 0 saturated heterocycles. The summed E-state index contributed by atoms with van der Waals surface area (Å²) in [7, 11) is 0. The molecule has 1 rings (SSSR count). The zero-order chi connectivity index (χ0) is 9.14. The summed E-state index contributed by atoms with van der Waals surface area (Å²) in [6, 6.07) is 5.82. The van der Waals surface area contributed by atoms with Crippen molar-refractivity contribution in [1.29, 1.82) is 0 Å². The maximum atomic E-state index is 8.88. The van der Waals surface area contributed by atoms with Gasteiger partial charge in [-0.1, -0.05) is 17.7 Å². The average Bonchev–Trinajstić information content (AvgIpc) is 2.08. The van der Waals surface area contributed by atoms with Crippen LogP contribution in [0.2, 0.25) is 0 Å². The molecule has 0 bridgehead atoms. The molecule has 0 radical (unpaired) electrons. The molecule has 0 spiro atoms. The Morgan fingerprint density at radius 3 is 2.83 bits per heavy atom. The van der Waals surface area contributed by atoms with E-state index in [0.29, 0.717) is 0 Å². The summed E-state index contributed by atoms with van der Waals surface area (Å²) in [5, 5.41) is 8.88. The lowest BCUT2D eigenvalue weighted by molar-refractivity contribution is 0.267. The number of rotatable bonds is 2. The second kappa shape index (κ2) is 4.20. The van der Waals surface area contributed by atoms with E-state index in [-0.39, 0.29) is 12.6 Å². The molecule has 1 aromatic rings. The van der Waals surface area contributed by atoms with Gasteiger partial charge >= 0.3 is 0 Å². The van der Waals surface area contributed by atoms with Crippen LogP contribution >= 0.6 is 22.6 Å². The van der Waals surface area contributed by atoms with Crippen LogP contribution in [0.25, 0.3) is 0 Å².